The summed E-state index contributed by atoms with van der Waals surface area (Å²) in [6.45, 7) is 7.43. The van der Waals surface area contributed by atoms with E-state index in [0.717, 1.165) is 44.1 Å². The lowest BCUT2D eigenvalue weighted by Crippen LogP contribution is -2.29. The maximum Gasteiger partial charge on any atom is 0.194 e. The van der Waals surface area contributed by atoms with Crippen molar-refractivity contribution >= 4 is 0 Å². The lowest BCUT2D eigenvalue weighted by atomic mass is 10.2. The highest BCUT2D eigenvalue weighted by Crippen LogP contribution is 2.19. The Morgan fingerprint density at radius 1 is 1.46 bits per heavy atom. The fraction of sp³-hybridized carbons (Fsp3) is 0.700. The quantitative estimate of drug-likeness (QED) is 0.692. The Morgan fingerprint density at radius 3 is 3.00 bits per heavy atom. The van der Waals surface area contributed by atoms with Gasteiger partial charge < -0.3 is 4.42 Å². The van der Waals surface area contributed by atoms with Gasteiger partial charge in [0.2, 0.25) is 0 Å². The van der Waals surface area contributed by atoms with Gasteiger partial charge in [-0.15, -0.1) is 0 Å². The van der Waals surface area contributed by atoms with Crippen molar-refractivity contribution in [3.63, 3.8) is 0 Å². The van der Waals surface area contributed by atoms with Crippen LogP contribution in [-0.4, -0.2) is 23.0 Å². The fourth-order valence-electron chi connectivity index (χ4n) is 1.72. The molecule has 0 unspecified atom stereocenters. The summed E-state index contributed by atoms with van der Waals surface area (Å²) in [6, 6.07) is 0. The van der Waals surface area contributed by atoms with Crippen LogP contribution < -0.4 is 0 Å². The van der Waals surface area contributed by atoms with E-state index in [4.69, 9.17) is 4.42 Å². The van der Waals surface area contributed by atoms with Gasteiger partial charge in [-0.3, -0.25) is 4.90 Å². The minimum absolute atomic E-state index is 0.892. The SMILES string of the molecule is CCc1nc2c(o1)CN(CC)CC2. The number of aryl methyl sites for hydroxylation is 1. The molecule has 0 aromatic carbocycles. The normalized spacial score (nSPS) is 17.4. The second-order valence-electron chi connectivity index (χ2n) is 3.45. The van der Waals surface area contributed by atoms with E-state index in [9.17, 15) is 0 Å². The van der Waals surface area contributed by atoms with Crippen molar-refractivity contribution < 1.29 is 4.42 Å². The number of fused-ring (bicyclic) bond motifs is 1. The Hall–Kier alpha value is -0.830. The van der Waals surface area contributed by atoms with Gasteiger partial charge in [0.05, 0.1) is 12.2 Å². The zero-order valence-corrected chi connectivity index (χ0v) is 8.34. The summed E-state index contributed by atoms with van der Waals surface area (Å²) in [4.78, 5) is 6.83. The van der Waals surface area contributed by atoms with Gasteiger partial charge in [-0.2, -0.15) is 0 Å². The molecule has 0 atom stereocenters. The Balaban J connectivity index is 2.19. The minimum Gasteiger partial charge on any atom is -0.444 e. The highest BCUT2D eigenvalue weighted by molar-refractivity contribution is 5.13. The van der Waals surface area contributed by atoms with Crippen molar-refractivity contribution in [3.05, 3.63) is 17.3 Å². The lowest BCUT2D eigenvalue weighted by molar-refractivity contribution is 0.238. The van der Waals surface area contributed by atoms with Crippen LogP contribution in [0.15, 0.2) is 4.42 Å². The molecule has 0 radical (unpaired) electrons. The average molecular weight is 180 g/mol. The van der Waals surface area contributed by atoms with Crippen LogP contribution in [0.1, 0.15) is 31.2 Å². The number of likely N-dealkylation sites (N-methyl/N-ethyl adjacent to an activating group) is 1. The molecule has 0 fully saturated rings. The van der Waals surface area contributed by atoms with Gasteiger partial charge in [-0.05, 0) is 6.54 Å². The number of nitrogens with zero attached hydrogens (tertiary/aromatic N) is 2. The highest BCUT2D eigenvalue weighted by atomic mass is 16.4. The number of oxazole rings is 1. The maximum absolute atomic E-state index is 5.63. The van der Waals surface area contributed by atoms with Crippen molar-refractivity contribution in [1.82, 2.24) is 9.88 Å². The van der Waals surface area contributed by atoms with E-state index in [-0.39, 0.29) is 0 Å². The first kappa shape index (κ1) is 8.75. The average Bonchev–Trinajstić information content (AvgIpc) is 2.58. The van der Waals surface area contributed by atoms with Gasteiger partial charge in [0, 0.05) is 19.4 Å². The van der Waals surface area contributed by atoms with Gasteiger partial charge in [0.15, 0.2) is 5.89 Å². The van der Waals surface area contributed by atoms with Crippen molar-refractivity contribution in [3.8, 4) is 0 Å². The van der Waals surface area contributed by atoms with Crippen LogP contribution in [0.2, 0.25) is 0 Å². The highest BCUT2D eigenvalue weighted by Gasteiger charge is 2.20. The molecule has 2 heterocycles. The molecule has 72 valence electrons. The number of hydrogen-bond acceptors (Lipinski definition) is 3. The van der Waals surface area contributed by atoms with Crippen molar-refractivity contribution in [2.45, 2.75) is 33.2 Å². The molecule has 1 aliphatic heterocycles. The molecule has 0 aliphatic carbocycles. The monoisotopic (exact) mass is 180 g/mol. The van der Waals surface area contributed by atoms with Crippen LogP contribution in [0.3, 0.4) is 0 Å². The van der Waals surface area contributed by atoms with E-state index < -0.39 is 0 Å². The molecule has 0 bridgehead atoms. The third-order valence-electron chi connectivity index (χ3n) is 2.60. The zero-order valence-electron chi connectivity index (χ0n) is 8.34. The van der Waals surface area contributed by atoms with E-state index in [1.54, 1.807) is 0 Å². The lowest BCUT2D eigenvalue weighted by Gasteiger charge is -2.22. The molecular formula is C10H16N2O. The molecule has 2 rings (SSSR count). The zero-order chi connectivity index (χ0) is 9.26. The van der Waals surface area contributed by atoms with Crippen LogP contribution in [0.5, 0.6) is 0 Å². The Kier molecular flexibility index (Phi) is 2.36. The third-order valence-corrected chi connectivity index (χ3v) is 2.60. The summed E-state index contributed by atoms with van der Waals surface area (Å²) < 4.78 is 5.63. The molecule has 3 heteroatoms. The number of aromatic nitrogens is 1. The molecular weight excluding hydrogens is 164 g/mol. The first-order chi connectivity index (χ1) is 6.33. The Morgan fingerprint density at radius 2 is 2.31 bits per heavy atom. The largest absolute Gasteiger partial charge is 0.444 e. The van der Waals surface area contributed by atoms with Crippen molar-refractivity contribution in [2.24, 2.45) is 0 Å². The first-order valence-corrected chi connectivity index (χ1v) is 5.03. The molecule has 1 aromatic rings. The fourth-order valence-corrected chi connectivity index (χ4v) is 1.72. The van der Waals surface area contributed by atoms with Crippen LogP contribution in [0.4, 0.5) is 0 Å². The second kappa shape index (κ2) is 3.50. The number of rotatable bonds is 2. The van der Waals surface area contributed by atoms with Crippen LogP contribution in [0, 0.1) is 0 Å². The smallest absolute Gasteiger partial charge is 0.194 e. The standard InChI is InChI=1S/C10H16N2O/c1-3-10-11-8-5-6-12(4-2)7-9(8)13-10/h3-7H2,1-2H3. The van der Waals surface area contributed by atoms with Gasteiger partial charge in [0.1, 0.15) is 5.76 Å². The third kappa shape index (κ3) is 1.61. The molecule has 1 aliphatic rings. The van der Waals surface area contributed by atoms with Crippen LogP contribution in [-0.2, 0) is 19.4 Å². The molecule has 13 heavy (non-hydrogen) atoms. The van der Waals surface area contributed by atoms with E-state index in [0.29, 0.717) is 0 Å². The molecule has 0 spiro atoms. The van der Waals surface area contributed by atoms with Crippen LogP contribution in [0.25, 0.3) is 0 Å². The second-order valence-corrected chi connectivity index (χ2v) is 3.45. The van der Waals surface area contributed by atoms with Gasteiger partial charge >= 0.3 is 0 Å². The van der Waals surface area contributed by atoms with Crippen LogP contribution >= 0.6 is 0 Å². The van der Waals surface area contributed by atoms with Gasteiger partial charge in [0.25, 0.3) is 0 Å². The topological polar surface area (TPSA) is 29.3 Å². The summed E-state index contributed by atoms with van der Waals surface area (Å²) in [7, 11) is 0. The van der Waals surface area contributed by atoms with Crippen molar-refractivity contribution in [2.75, 3.05) is 13.1 Å². The Bertz CT molecular complexity index is 293. The van der Waals surface area contributed by atoms with Crippen molar-refractivity contribution in [1.29, 1.82) is 0 Å². The summed E-state index contributed by atoms with van der Waals surface area (Å²) in [6.07, 6.45) is 1.95. The predicted octanol–water partition coefficient (Wildman–Crippen LogP) is 1.61. The molecule has 0 amide bonds. The van der Waals surface area contributed by atoms with Gasteiger partial charge in [-0.1, -0.05) is 13.8 Å². The van der Waals surface area contributed by atoms with E-state index in [1.807, 2.05) is 0 Å². The summed E-state index contributed by atoms with van der Waals surface area (Å²) in [5.74, 6) is 1.98. The molecule has 3 nitrogen and oxygen atoms in total. The Labute approximate surface area is 78.8 Å². The van der Waals surface area contributed by atoms with E-state index >= 15 is 0 Å². The summed E-state index contributed by atoms with van der Waals surface area (Å²) >= 11 is 0. The summed E-state index contributed by atoms with van der Waals surface area (Å²) in [5, 5.41) is 0. The van der Waals surface area contributed by atoms with Gasteiger partial charge in [-0.25, -0.2) is 4.98 Å². The molecule has 0 N–H and O–H groups in total. The maximum atomic E-state index is 5.63. The minimum atomic E-state index is 0.892. The first-order valence-electron chi connectivity index (χ1n) is 5.03. The molecule has 0 saturated carbocycles. The number of hydrogen-bond donors (Lipinski definition) is 0. The van der Waals surface area contributed by atoms with E-state index in [2.05, 4.69) is 23.7 Å². The predicted molar refractivity (Wildman–Crippen MR) is 50.5 cm³/mol. The summed E-state index contributed by atoms with van der Waals surface area (Å²) in [5.41, 5.74) is 1.18. The van der Waals surface area contributed by atoms with E-state index in [1.165, 1.54) is 5.69 Å². The molecule has 1 aromatic heterocycles. The molecule has 0 saturated heterocycles.